The van der Waals surface area contributed by atoms with Crippen molar-refractivity contribution < 1.29 is 17.7 Å². The van der Waals surface area contributed by atoms with Crippen molar-refractivity contribution in [1.82, 2.24) is 15.0 Å². The highest BCUT2D eigenvalue weighted by atomic mass is 32.2. The summed E-state index contributed by atoms with van der Waals surface area (Å²) in [5.41, 5.74) is 0. The Kier molecular flexibility index (Phi) is 5.44. The Morgan fingerprint density at radius 2 is 2.04 bits per heavy atom. The molecule has 1 aromatic heterocycles. The van der Waals surface area contributed by atoms with Crippen LogP contribution in [0, 0.1) is 0 Å². The fourth-order valence-electron chi connectivity index (χ4n) is 2.49. The van der Waals surface area contributed by atoms with Gasteiger partial charge in [-0.3, -0.25) is 4.79 Å². The fourth-order valence-corrected chi connectivity index (χ4v) is 3.35. The van der Waals surface area contributed by atoms with Crippen LogP contribution in [0.2, 0.25) is 0 Å². The second-order valence-electron chi connectivity index (χ2n) is 6.68. The van der Waals surface area contributed by atoms with E-state index in [0.29, 0.717) is 24.8 Å². The summed E-state index contributed by atoms with van der Waals surface area (Å²) in [6.07, 6.45) is 1.68. The van der Waals surface area contributed by atoms with Gasteiger partial charge in [0.25, 0.3) is 0 Å². The molecular weight excluding hydrogens is 318 g/mol. The van der Waals surface area contributed by atoms with Crippen LogP contribution in [0.4, 0.5) is 0 Å². The van der Waals surface area contributed by atoms with E-state index in [9.17, 15) is 13.2 Å². The lowest BCUT2D eigenvalue weighted by atomic mass is 9.97. The molecule has 0 saturated carbocycles. The predicted octanol–water partition coefficient (Wildman–Crippen LogP) is 1.72. The van der Waals surface area contributed by atoms with Crippen molar-refractivity contribution in [2.45, 2.75) is 57.6 Å². The van der Waals surface area contributed by atoms with Crippen molar-refractivity contribution in [3.8, 4) is 0 Å². The molecule has 8 heteroatoms. The molecule has 2 heterocycles. The Morgan fingerprint density at radius 3 is 2.61 bits per heavy atom. The molecule has 0 aliphatic carbocycles. The minimum Gasteiger partial charge on any atom is -0.341 e. The van der Waals surface area contributed by atoms with Crippen LogP contribution in [-0.2, 0) is 14.6 Å². The molecule has 0 N–H and O–H groups in total. The lowest BCUT2D eigenvalue weighted by Crippen LogP contribution is -2.43. The minimum atomic E-state index is -3.38. The SMILES string of the molecule is CC(C)c1nc([C@H]2CCCN(C(=O)CS(=O)(=O)C(C)C)C2)no1. The highest BCUT2D eigenvalue weighted by Gasteiger charge is 2.31. The number of aromatic nitrogens is 2. The molecule has 1 aliphatic rings. The van der Waals surface area contributed by atoms with Gasteiger partial charge in [0.15, 0.2) is 15.7 Å². The molecule has 0 unspecified atom stereocenters. The van der Waals surface area contributed by atoms with E-state index in [2.05, 4.69) is 10.1 Å². The number of hydrogen-bond donors (Lipinski definition) is 0. The first-order valence-corrected chi connectivity index (χ1v) is 9.75. The van der Waals surface area contributed by atoms with E-state index in [4.69, 9.17) is 4.52 Å². The van der Waals surface area contributed by atoms with Crippen molar-refractivity contribution in [3.05, 3.63) is 11.7 Å². The molecule has 1 aliphatic heterocycles. The van der Waals surface area contributed by atoms with Gasteiger partial charge in [-0.1, -0.05) is 19.0 Å². The summed E-state index contributed by atoms with van der Waals surface area (Å²) in [4.78, 5) is 18.3. The average molecular weight is 343 g/mol. The Morgan fingerprint density at radius 1 is 1.35 bits per heavy atom. The van der Waals surface area contributed by atoms with Crippen molar-refractivity contribution in [1.29, 1.82) is 0 Å². The van der Waals surface area contributed by atoms with Gasteiger partial charge < -0.3 is 9.42 Å². The van der Waals surface area contributed by atoms with Crippen LogP contribution in [0.3, 0.4) is 0 Å². The van der Waals surface area contributed by atoms with Gasteiger partial charge in [0, 0.05) is 24.9 Å². The van der Waals surface area contributed by atoms with Gasteiger partial charge in [0.05, 0.1) is 5.25 Å². The highest BCUT2D eigenvalue weighted by molar-refractivity contribution is 7.92. The van der Waals surface area contributed by atoms with Crippen LogP contribution in [0.15, 0.2) is 4.52 Å². The van der Waals surface area contributed by atoms with Crippen LogP contribution in [0.25, 0.3) is 0 Å². The third kappa shape index (κ3) is 4.31. The molecule has 0 aromatic carbocycles. The summed E-state index contributed by atoms with van der Waals surface area (Å²) in [6.45, 7) is 8.17. The number of nitrogens with zero attached hydrogens (tertiary/aromatic N) is 3. The maximum Gasteiger partial charge on any atom is 0.237 e. The number of sulfone groups is 1. The monoisotopic (exact) mass is 343 g/mol. The van der Waals surface area contributed by atoms with Gasteiger partial charge in [-0.25, -0.2) is 8.42 Å². The Bertz CT molecular complexity index is 651. The molecule has 2 rings (SSSR count). The van der Waals surface area contributed by atoms with Crippen molar-refractivity contribution in [2.24, 2.45) is 0 Å². The standard InChI is InChI=1S/C15H25N3O4S/c1-10(2)15-16-14(17-22-15)12-6-5-7-18(8-12)13(19)9-23(20,21)11(3)4/h10-12H,5-9H2,1-4H3/t12-/m0/s1. The number of carbonyl (C=O) groups excluding carboxylic acids is 1. The Labute approximate surface area is 137 Å². The van der Waals surface area contributed by atoms with Gasteiger partial charge in [-0.05, 0) is 26.7 Å². The molecular formula is C15H25N3O4S. The lowest BCUT2D eigenvalue weighted by Gasteiger charge is -2.31. The van der Waals surface area contributed by atoms with Crippen molar-refractivity contribution in [3.63, 3.8) is 0 Å². The molecule has 23 heavy (non-hydrogen) atoms. The maximum atomic E-state index is 12.3. The first-order chi connectivity index (χ1) is 10.7. The van der Waals surface area contributed by atoms with Gasteiger partial charge in [-0.2, -0.15) is 4.98 Å². The smallest absolute Gasteiger partial charge is 0.237 e. The normalized spacial score (nSPS) is 19.6. The molecule has 1 atom stereocenters. The zero-order chi connectivity index (χ0) is 17.2. The highest BCUT2D eigenvalue weighted by Crippen LogP contribution is 2.26. The third-order valence-corrected chi connectivity index (χ3v) is 6.22. The number of likely N-dealkylation sites (tertiary alicyclic amines) is 1. The van der Waals surface area contributed by atoms with Crippen molar-refractivity contribution >= 4 is 15.7 Å². The summed E-state index contributed by atoms with van der Waals surface area (Å²) in [6, 6.07) is 0. The Hall–Kier alpha value is -1.44. The van der Waals surface area contributed by atoms with Crippen LogP contribution < -0.4 is 0 Å². The van der Waals surface area contributed by atoms with Crippen LogP contribution in [0.1, 0.15) is 64.1 Å². The summed E-state index contributed by atoms with van der Waals surface area (Å²) in [5, 5.41) is 3.47. The first-order valence-electron chi connectivity index (χ1n) is 8.03. The fraction of sp³-hybridized carbons (Fsp3) is 0.800. The van der Waals surface area contributed by atoms with Crippen LogP contribution in [-0.4, -0.2) is 53.5 Å². The molecule has 0 spiro atoms. The first kappa shape index (κ1) is 17.9. The van der Waals surface area contributed by atoms with E-state index in [1.165, 1.54) is 0 Å². The number of piperidine rings is 1. The maximum absolute atomic E-state index is 12.3. The topological polar surface area (TPSA) is 93.4 Å². The second-order valence-corrected chi connectivity index (χ2v) is 9.24. The average Bonchev–Trinajstić information content (AvgIpc) is 2.97. The minimum absolute atomic E-state index is 0.00528. The van der Waals surface area contributed by atoms with E-state index in [1.54, 1.807) is 18.7 Å². The lowest BCUT2D eigenvalue weighted by molar-refractivity contribution is -0.129. The molecule has 1 aromatic rings. The van der Waals surface area contributed by atoms with E-state index >= 15 is 0 Å². The van der Waals surface area contributed by atoms with Crippen molar-refractivity contribution in [2.75, 3.05) is 18.8 Å². The molecule has 1 amide bonds. The summed E-state index contributed by atoms with van der Waals surface area (Å²) in [5.74, 6) is 0.597. The van der Waals surface area contributed by atoms with Crippen LogP contribution >= 0.6 is 0 Å². The van der Waals surface area contributed by atoms with E-state index in [-0.39, 0.29) is 17.7 Å². The van der Waals surface area contributed by atoms with Gasteiger partial charge in [0.2, 0.25) is 11.8 Å². The predicted molar refractivity (Wildman–Crippen MR) is 85.9 cm³/mol. The number of hydrogen-bond acceptors (Lipinski definition) is 6. The summed E-state index contributed by atoms with van der Waals surface area (Å²) >= 11 is 0. The quantitative estimate of drug-likeness (QED) is 0.808. The second kappa shape index (κ2) is 6.98. The number of carbonyl (C=O) groups is 1. The van der Waals surface area contributed by atoms with E-state index in [1.807, 2.05) is 13.8 Å². The third-order valence-electron chi connectivity index (χ3n) is 4.13. The van der Waals surface area contributed by atoms with Gasteiger partial charge in [-0.15, -0.1) is 0 Å². The molecule has 1 fully saturated rings. The zero-order valence-electron chi connectivity index (χ0n) is 14.2. The van der Waals surface area contributed by atoms with Gasteiger partial charge >= 0.3 is 0 Å². The van der Waals surface area contributed by atoms with E-state index in [0.717, 1.165) is 12.8 Å². The number of amides is 1. The summed E-state index contributed by atoms with van der Waals surface area (Å²) < 4.78 is 29.1. The molecule has 1 saturated heterocycles. The largest absolute Gasteiger partial charge is 0.341 e. The van der Waals surface area contributed by atoms with Crippen LogP contribution in [0.5, 0.6) is 0 Å². The number of rotatable bonds is 5. The molecule has 130 valence electrons. The molecule has 0 radical (unpaired) electrons. The molecule has 7 nitrogen and oxygen atoms in total. The van der Waals surface area contributed by atoms with Gasteiger partial charge in [0.1, 0.15) is 5.75 Å². The molecule has 0 bridgehead atoms. The van der Waals surface area contributed by atoms with E-state index < -0.39 is 20.8 Å². The summed E-state index contributed by atoms with van der Waals surface area (Å²) in [7, 11) is -3.38. The zero-order valence-corrected chi connectivity index (χ0v) is 15.0. The Balaban J connectivity index is 2.04.